The van der Waals surface area contributed by atoms with E-state index in [1.807, 2.05) is 0 Å². The van der Waals surface area contributed by atoms with Gasteiger partial charge < -0.3 is 19.9 Å². The van der Waals surface area contributed by atoms with E-state index in [-0.39, 0.29) is 32.3 Å². The van der Waals surface area contributed by atoms with Crippen molar-refractivity contribution in [2.45, 2.75) is 0 Å². The number of benzene rings is 2. The zero-order chi connectivity index (χ0) is 18.4. The van der Waals surface area contributed by atoms with Crippen molar-refractivity contribution in [3.8, 4) is 11.5 Å². The number of carbonyl (C=O) groups excluding carboxylic acids is 2. The van der Waals surface area contributed by atoms with Gasteiger partial charge in [-0.15, -0.1) is 0 Å². The first-order chi connectivity index (χ1) is 11.9. The molecule has 9 heteroatoms. The fourth-order valence-corrected chi connectivity index (χ4v) is 2.30. The van der Waals surface area contributed by atoms with Gasteiger partial charge in [0.2, 0.25) is 0 Å². The largest absolute Gasteiger partial charge is 0.504 e. The number of ether oxygens (including phenoxy) is 2. The second-order valence-electron chi connectivity index (χ2n) is 4.71. The Morgan fingerprint density at radius 1 is 1.00 bits per heavy atom. The van der Waals surface area contributed by atoms with Gasteiger partial charge >= 0.3 is 5.97 Å². The summed E-state index contributed by atoms with van der Waals surface area (Å²) in [6.07, 6.45) is 0. The highest BCUT2D eigenvalue weighted by atomic mass is 35.5. The second kappa shape index (κ2) is 8.80. The number of hydrogen-bond acceptors (Lipinski definition) is 5. The molecule has 25 heavy (non-hydrogen) atoms. The summed E-state index contributed by atoms with van der Waals surface area (Å²) >= 11 is 17.6. The summed E-state index contributed by atoms with van der Waals surface area (Å²) in [5.74, 6) is -1.37. The molecule has 2 aromatic carbocycles. The Hall–Kier alpha value is -2.15. The van der Waals surface area contributed by atoms with Crippen LogP contribution in [0.2, 0.25) is 15.1 Å². The van der Waals surface area contributed by atoms with Crippen molar-refractivity contribution in [2.24, 2.45) is 0 Å². The maximum Gasteiger partial charge on any atom is 0.344 e. The van der Waals surface area contributed by atoms with Crippen molar-refractivity contribution < 1.29 is 24.2 Å². The van der Waals surface area contributed by atoms with Crippen LogP contribution >= 0.6 is 34.8 Å². The van der Waals surface area contributed by atoms with E-state index in [9.17, 15) is 14.7 Å². The molecule has 0 aliphatic rings. The highest BCUT2D eigenvalue weighted by Gasteiger charge is 2.12. The van der Waals surface area contributed by atoms with Crippen LogP contribution in [-0.2, 0) is 14.3 Å². The number of halogens is 3. The number of esters is 1. The van der Waals surface area contributed by atoms with Crippen molar-refractivity contribution in [2.75, 3.05) is 18.5 Å². The van der Waals surface area contributed by atoms with Crippen LogP contribution in [0.5, 0.6) is 11.5 Å². The fraction of sp³-hybridized carbons (Fsp3) is 0.125. The third-order valence-electron chi connectivity index (χ3n) is 2.86. The molecule has 0 atom stereocenters. The average molecular weight is 405 g/mol. The molecule has 132 valence electrons. The number of hydrogen-bond donors (Lipinski definition) is 2. The number of anilines is 1. The Bertz CT molecular complexity index is 797. The van der Waals surface area contributed by atoms with Crippen molar-refractivity contribution in [1.29, 1.82) is 0 Å². The summed E-state index contributed by atoms with van der Waals surface area (Å²) in [5.41, 5.74) is 0.238. The van der Waals surface area contributed by atoms with Crippen molar-refractivity contribution in [3.05, 3.63) is 51.5 Å². The Morgan fingerprint density at radius 3 is 2.40 bits per heavy atom. The van der Waals surface area contributed by atoms with Gasteiger partial charge in [-0.2, -0.15) is 0 Å². The van der Waals surface area contributed by atoms with E-state index < -0.39 is 25.1 Å². The van der Waals surface area contributed by atoms with Gasteiger partial charge in [-0.1, -0.05) is 46.9 Å². The lowest BCUT2D eigenvalue weighted by Crippen LogP contribution is -2.23. The zero-order valence-electron chi connectivity index (χ0n) is 12.6. The van der Waals surface area contributed by atoms with Gasteiger partial charge in [-0.3, -0.25) is 4.79 Å². The molecule has 0 aliphatic heterocycles. The van der Waals surface area contributed by atoms with Crippen LogP contribution in [0.1, 0.15) is 0 Å². The van der Waals surface area contributed by atoms with E-state index in [1.54, 1.807) is 12.1 Å². The average Bonchev–Trinajstić information content (AvgIpc) is 2.57. The van der Waals surface area contributed by atoms with E-state index in [0.29, 0.717) is 0 Å². The molecular formula is C16H12Cl3NO5. The second-order valence-corrected chi connectivity index (χ2v) is 5.93. The van der Waals surface area contributed by atoms with E-state index in [1.165, 1.54) is 24.3 Å². The standard InChI is InChI=1S/C16H12Cl3NO5/c17-9-5-11(19)12(6-10(9)18)20-15(22)7-25-16(23)8-24-14-4-2-1-3-13(14)21/h1-6,21H,7-8H2,(H,20,22). The summed E-state index contributed by atoms with van der Waals surface area (Å²) < 4.78 is 9.86. The van der Waals surface area contributed by atoms with Crippen LogP contribution < -0.4 is 10.1 Å². The molecular weight excluding hydrogens is 393 g/mol. The van der Waals surface area contributed by atoms with Crippen molar-refractivity contribution in [3.63, 3.8) is 0 Å². The number of amides is 1. The maximum atomic E-state index is 11.8. The molecule has 0 aromatic heterocycles. The SMILES string of the molecule is O=C(COC(=O)COc1ccccc1O)Nc1cc(Cl)c(Cl)cc1Cl. The lowest BCUT2D eigenvalue weighted by atomic mass is 10.3. The molecule has 0 spiro atoms. The molecule has 0 unspecified atom stereocenters. The fourth-order valence-electron chi connectivity index (χ4n) is 1.71. The maximum absolute atomic E-state index is 11.8. The minimum Gasteiger partial charge on any atom is -0.504 e. The molecule has 2 rings (SSSR count). The molecule has 2 aromatic rings. The van der Waals surface area contributed by atoms with E-state index in [0.717, 1.165) is 0 Å². The van der Waals surface area contributed by atoms with Gasteiger partial charge in [0.1, 0.15) is 0 Å². The lowest BCUT2D eigenvalue weighted by molar-refractivity contribution is -0.149. The number of aromatic hydroxyl groups is 1. The monoisotopic (exact) mass is 403 g/mol. The molecule has 2 N–H and O–H groups in total. The highest BCUT2D eigenvalue weighted by Crippen LogP contribution is 2.32. The molecule has 0 saturated carbocycles. The predicted octanol–water partition coefficient (Wildman–Crippen LogP) is 3.91. The van der Waals surface area contributed by atoms with E-state index in [2.05, 4.69) is 5.32 Å². The number of phenols is 1. The Morgan fingerprint density at radius 2 is 1.68 bits per heavy atom. The normalized spacial score (nSPS) is 10.2. The summed E-state index contributed by atoms with van der Waals surface area (Å²) in [6.45, 7) is -1.00. The molecule has 0 bridgehead atoms. The Labute approximate surface area is 158 Å². The zero-order valence-corrected chi connectivity index (χ0v) is 14.9. The first kappa shape index (κ1) is 19.2. The first-order valence-corrected chi connectivity index (χ1v) is 8.01. The summed E-state index contributed by atoms with van der Waals surface area (Å²) in [4.78, 5) is 23.4. The lowest BCUT2D eigenvalue weighted by Gasteiger charge is -2.10. The van der Waals surface area contributed by atoms with Gasteiger partial charge in [0.15, 0.2) is 24.7 Å². The molecule has 1 amide bonds. The molecule has 0 fully saturated rings. The smallest absolute Gasteiger partial charge is 0.344 e. The number of nitrogens with one attached hydrogen (secondary N) is 1. The van der Waals surface area contributed by atoms with Gasteiger partial charge in [0.25, 0.3) is 5.91 Å². The number of carbonyl (C=O) groups is 2. The van der Waals surface area contributed by atoms with E-state index in [4.69, 9.17) is 44.3 Å². The van der Waals surface area contributed by atoms with Crippen LogP contribution in [0, 0.1) is 0 Å². The number of para-hydroxylation sites is 2. The Kier molecular flexibility index (Phi) is 6.75. The van der Waals surface area contributed by atoms with Gasteiger partial charge in [0, 0.05) is 0 Å². The summed E-state index contributed by atoms with van der Waals surface area (Å²) in [5, 5.41) is 12.6. The van der Waals surface area contributed by atoms with Gasteiger partial charge in [-0.05, 0) is 24.3 Å². The molecule has 0 radical (unpaired) electrons. The van der Waals surface area contributed by atoms with Gasteiger partial charge in [0.05, 0.1) is 20.8 Å². The first-order valence-electron chi connectivity index (χ1n) is 6.87. The predicted molar refractivity (Wildman–Crippen MR) is 94.7 cm³/mol. The number of phenolic OH excluding ortho intramolecular Hbond substituents is 1. The third-order valence-corrected chi connectivity index (χ3v) is 3.89. The quantitative estimate of drug-likeness (QED) is 0.563. The topological polar surface area (TPSA) is 84.9 Å². The molecule has 6 nitrogen and oxygen atoms in total. The third kappa shape index (κ3) is 5.70. The molecule has 0 heterocycles. The summed E-state index contributed by atoms with van der Waals surface area (Å²) in [7, 11) is 0. The minimum absolute atomic E-state index is 0.109. The van der Waals surface area contributed by atoms with Crippen molar-refractivity contribution >= 4 is 52.4 Å². The number of rotatable bonds is 6. The highest BCUT2D eigenvalue weighted by molar-refractivity contribution is 6.44. The van der Waals surface area contributed by atoms with Crippen LogP contribution in [0.4, 0.5) is 5.69 Å². The van der Waals surface area contributed by atoms with Crippen LogP contribution in [0.25, 0.3) is 0 Å². The van der Waals surface area contributed by atoms with Crippen LogP contribution in [0.15, 0.2) is 36.4 Å². The van der Waals surface area contributed by atoms with E-state index >= 15 is 0 Å². The van der Waals surface area contributed by atoms with Gasteiger partial charge in [-0.25, -0.2) is 4.79 Å². The summed E-state index contributed by atoms with van der Waals surface area (Å²) in [6, 6.07) is 8.91. The molecule has 0 aliphatic carbocycles. The Balaban J connectivity index is 1.81. The minimum atomic E-state index is -0.779. The van der Waals surface area contributed by atoms with Crippen LogP contribution in [0.3, 0.4) is 0 Å². The van der Waals surface area contributed by atoms with Crippen molar-refractivity contribution in [1.82, 2.24) is 0 Å². The van der Waals surface area contributed by atoms with Crippen LogP contribution in [-0.4, -0.2) is 30.2 Å². The molecule has 0 saturated heterocycles.